The average molecular weight is 261 g/mol. The summed E-state index contributed by atoms with van der Waals surface area (Å²) in [5.41, 5.74) is 2.48. The van der Waals surface area contributed by atoms with Crippen LogP contribution in [0.15, 0.2) is 54.6 Å². The maximum atomic E-state index is 6.39. The number of alkyl halides is 1. The molecule has 0 amide bonds. The highest BCUT2D eigenvalue weighted by Crippen LogP contribution is 2.25. The van der Waals surface area contributed by atoms with Crippen LogP contribution in [0.25, 0.3) is 0 Å². The first-order valence-electron chi connectivity index (χ1n) is 6.11. The van der Waals surface area contributed by atoms with Crippen molar-refractivity contribution in [2.45, 2.75) is 18.2 Å². The minimum absolute atomic E-state index is 0.0771. The van der Waals surface area contributed by atoms with E-state index in [1.807, 2.05) is 30.3 Å². The fraction of sp³-hybridized carbons (Fsp3) is 0.250. The van der Waals surface area contributed by atoms with Crippen molar-refractivity contribution >= 4 is 11.6 Å². The minimum Gasteiger partial charge on any atom is -0.497 e. The molecule has 2 heteroatoms. The van der Waals surface area contributed by atoms with E-state index in [9.17, 15) is 0 Å². The minimum atomic E-state index is 0.0771. The molecule has 0 aliphatic carbocycles. The van der Waals surface area contributed by atoms with Gasteiger partial charge >= 0.3 is 0 Å². The molecular formula is C16H17ClO. The normalized spacial score (nSPS) is 12.1. The van der Waals surface area contributed by atoms with Crippen LogP contribution in [0.5, 0.6) is 5.75 Å². The summed E-state index contributed by atoms with van der Waals surface area (Å²) in [6.07, 6.45) is 1.92. The van der Waals surface area contributed by atoms with E-state index < -0.39 is 0 Å². The Labute approximate surface area is 113 Å². The Morgan fingerprint density at radius 1 is 1.00 bits per heavy atom. The summed E-state index contributed by atoms with van der Waals surface area (Å²) < 4.78 is 5.14. The molecule has 0 aliphatic rings. The van der Waals surface area contributed by atoms with Crippen molar-refractivity contribution < 1.29 is 4.74 Å². The molecule has 0 saturated heterocycles. The summed E-state index contributed by atoms with van der Waals surface area (Å²) in [6, 6.07) is 18.4. The third-order valence-corrected chi connectivity index (χ3v) is 3.48. The second-order valence-electron chi connectivity index (χ2n) is 4.26. The van der Waals surface area contributed by atoms with Crippen LogP contribution in [-0.2, 0) is 6.42 Å². The maximum absolute atomic E-state index is 6.39. The Balaban J connectivity index is 1.91. The molecule has 0 aliphatic heterocycles. The summed E-state index contributed by atoms with van der Waals surface area (Å²) in [5, 5.41) is 0.0771. The predicted molar refractivity (Wildman–Crippen MR) is 76.4 cm³/mol. The Bertz CT molecular complexity index is 464. The number of rotatable bonds is 5. The molecule has 1 nitrogen and oxygen atoms in total. The van der Waals surface area contributed by atoms with Gasteiger partial charge in [-0.3, -0.25) is 0 Å². The number of benzene rings is 2. The first-order chi connectivity index (χ1) is 8.79. The fourth-order valence-corrected chi connectivity index (χ4v) is 2.17. The van der Waals surface area contributed by atoms with Crippen LogP contribution in [-0.4, -0.2) is 7.11 Å². The first-order valence-corrected chi connectivity index (χ1v) is 6.55. The van der Waals surface area contributed by atoms with Crippen LogP contribution in [0, 0.1) is 0 Å². The summed E-state index contributed by atoms with van der Waals surface area (Å²) in [6.45, 7) is 0. The van der Waals surface area contributed by atoms with Gasteiger partial charge < -0.3 is 4.74 Å². The lowest BCUT2D eigenvalue weighted by atomic mass is 10.0. The van der Waals surface area contributed by atoms with Gasteiger partial charge in [0.05, 0.1) is 12.5 Å². The SMILES string of the molecule is COc1ccc(CCC(Cl)c2ccccc2)cc1. The van der Waals surface area contributed by atoms with Crippen LogP contribution >= 0.6 is 11.6 Å². The summed E-state index contributed by atoms with van der Waals surface area (Å²) >= 11 is 6.39. The van der Waals surface area contributed by atoms with E-state index in [-0.39, 0.29) is 5.38 Å². The van der Waals surface area contributed by atoms with Gasteiger partial charge in [0.25, 0.3) is 0 Å². The van der Waals surface area contributed by atoms with E-state index in [1.165, 1.54) is 11.1 Å². The van der Waals surface area contributed by atoms with Crippen LogP contribution in [0.1, 0.15) is 22.9 Å². The van der Waals surface area contributed by atoms with E-state index in [4.69, 9.17) is 16.3 Å². The predicted octanol–water partition coefficient (Wildman–Crippen LogP) is 4.61. The molecule has 0 saturated carbocycles. The lowest BCUT2D eigenvalue weighted by Crippen LogP contribution is -1.94. The molecule has 18 heavy (non-hydrogen) atoms. The molecule has 0 spiro atoms. The van der Waals surface area contributed by atoms with Crippen molar-refractivity contribution in [2.24, 2.45) is 0 Å². The van der Waals surface area contributed by atoms with Crippen molar-refractivity contribution in [2.75, 3.05) is 7.11 Å². The Morgan fingerprint density at radius 3 is 2.28 bits per heavy atom. The van der Waals surface area contributed by atoms with Gasteiger partial charge in [-0.25, -0.2) is 0 Å². The zero-order valence-electron chi connectivity index (χ0n) is 10.5. The zero-order chi connectivity index (χ0) is 12.8. The van der Waals surface area contributed by atoms with E-state index in [0.29, 0.717) is 0 Å². The lowest BCUT2D eigenvalue weighted by Gasteiger charge is -2.10. The summed E-state index contributed by atoms with van der Waals surface area (Å²) in [5.74, 6) is 0.893. The highest BCUT2D eigenvalue weighted by molar-refractivity contribution is 6.20. The number of methoxy groups -OCH3 is 1. The van der Waals surface area contributed by atoms with Crippen LogP contribution < -0.4 is 4.74 Å². The van der Waals surface area contributed by atoms with E-state index >= 15 is 0 Å². The van der Waals surface area contributed by atoms with Crippen LogP contribution in [0.3, 0.4) is 0 Å². The molecule has 1 atom stereocenters. The summed E-state index contributed by atoms with van der Waals surface area (Å²) in [4.78, 5) is 0. The zero-order valence-corrected chi connectivity index (χ0v) is 11.2. The Hall–Kier alpha value is -1.47. The standard InChI is InChI=1S/C16H17ClO/c1-18-15-10-7-13(8-11-15)9-12-16(17)14-5-3-2-4-6-14/h2-8,10-11,16H,9,12H2,1H3. The molecule has 2 aromatic carbocycles. The Kier molecular flexibility index (Phi) is 4.66. The largest absolute Gasteiger partial charge is 0.497 e. The van der Waals surface area contributed by atoms with Gasteiger partial charge in [-0.1, -0.05) is 42.5 Å². The van der Waals surface area contributed by atoms with Gasteiger partial charge in [0, 0.05) is 0 Å². The number of aryl methyl sites for hydroxylation is 1. The highest BCUT2D eigenvalue weighted by atomic mass is 35.5. The summed E-state index contributed by atoms with van der Waals surface area (Å²) in [7, 11) is 1.68. The van der Waals surface area contributed by atoms with Gasteiger partial charge in [-0.15, -0.1) is 11.6 Å². The molecular weight excluding hydrogens is 244 g/mol. The van der Waals surface area contributed by atoms with Gasteiger partial charge in [0.1, 0.15) is 5.75 Å². The second kappa shape index (κ2) is 6.46. The number of hydrogen-bond acceptors (Lipinski definition) is 1. The third kappa shape index (κ3) is 3.51. The topological polar surface area (TPSA) is 9.23 Å². The molecule has 0 bridgehead atoms. The van der Waals surface area contributed by atoms with Crippen molar-refractivity contribution in [3.05, 3.63) is 65.7 Å². The van der Waals surface area contributed by atoms with Crippen LogP contribution in [0.2, 0.25) is 0 Å². The molecule has 0 N–H and O–H groups in total. The van der Waals surface area contributed by atoms with E-state index in [0.717, 1.165) is 18.6 Å². The molecule has 1 unspecified atom stereocenters. The molecule has 94 valence electrons. The van der Waals surface area contributed by atoms with Gasteiger partial charge in [0.15, 0.2) is 0 Å². The van der Waals surface area contributed by atoms with Crippen molar-refractivity contribution in [1.29, 1.82) is 0 Å². The quantitative estimate of drug-likeness (QED) is 0.714. The number of halogens is 1. The van der Waals surface area contributed by atoms with Crippen molar-refractivity contribution in [3.63, 3.8) is 0 Å². The van der Waals surface area contributed by atoms with E-state index in [1.54, 1.807) is 7.11 Å². The van der Waals surface area contributed by atoms with Gasteiger partial charge in [-0.05, 0) is 36.1 Å². The van der Waals surface area contributed by atoms with Gasteiger partial charge in [0.2, 0.25) is 0 Å². The Morgan fingerprint density at radius 2 is 1.67 bits per heavy atom. The number of hydrogen-bond donors (Lipinski definition) is 0. The monoisotopic (exact) mass is 260 g/mol. The highest BCUT2D eigenvalue weighted by Gasteiger charge is 2.07. The molecule has 0 heterocycles. The maximum Gasteiger partial charge on any atom is 0.118 e. The fourth-order valence-electron chi connectivity index (χ4n) is 1.91. The molecule has 0 aromatic heterocycles. The van der Waals surface area contributed by atoms with E-state index in [2.05, 4.69) is 24.3 Å². The van der Waals surface area contributed by atoms with Gasteiger partial charge in [-0.2, -0.15) is 0 Å². The number of ether oxygens (including phenoxy) is 1. The molecule has 0 radical (unpaired) electrons. The molecule has 2 rings (SSSR count). The molecule has 0 fully saturated rings. The first kappa shape index (κ1) is 13.0. The lowest BCUT2D eigenvalue weighted by molar-refractivity contribution is 0.414. The van der Waals surface area contributed by atoms with Crippen molar-refractivity contribution in [1.82, 2.24) is 0 Å². The second-order valence-corrected chi connectivity index (χ2v) is 4.79. The van der Waals surface area contributed by atoms with Crippen molar-refractivity contribution in [3.8, 4) is 5.75 Å². The van der Waals surface area contributed by atoms with Crippen LogP contribution in [0.4, 0.5) is 0 Å². The third-order valence-electron chi connectivity index (χ3n) is 3.01. The molecule has 2 aromatic rings. The average Bonchev–Trinajstić information content (AvgIpc) is 2.46. The smallest absolute Gasteiger partial charge is 0.118 e.